The molecule has 7 nitrogen and oxygen atoms in total. The van der Waals surface area contributed by atoms with Gasteiger partial charge in [-0.3, -0.25) is 4.98 Å². The van der Waals surface area contributed by atoms with Gasteiger partial charge < -0.3 is 14.2 Å². The highest BCUT2D eigenvalue weighted by atomic mass is 16.4. The van der Waals surface area contributed by atoms with Crippen molar-refractivity contribution in [3.05, 3.63) is 71.0 Å². The molecule has 7 heteroatoms. The molecule has 0 spiro atoms. The minimum atomic E-state index is -0.624. The number of aromatic nitrogens is 2. The molecule has 0 aliphatic carbocycles. The van der Waals surface area contributed by atoms with Crippen LogP contribution in [0.3, 0.4) is 0 Å². The molecule has 0 radical (unpaired) electrons. The average Bonchev–Trinajstić information content (AvgIpc) is 2.74. The maximum absolute atomic E-state index is 12.3. The van der Waals surface area contributed by atoms with Crippen molar-refractivity contribution in [2.24, 2.45) is 0 Å². The van der Waals surface area contributed by atoms with Gasteiger partial charge in [-0.15, -0.1) is 0 Å². The molecule has 1 aliphatic rings. The van der Waals surface area contributed by atoms with E-state index in [1.807, 2.05) is 30.3 Å². The second-order valence-corrected chi connectivity index (χ2v) is 6.17. The maximum atomic E-state index is 12.3. The van der Waals surface area contributed by atoms with Crippen molar-refractivity contribution in [3.63, 3.8) is 0 Å². The minimum absolute atomic E-state index is 0.0360. The molecule has 1 fully saturated rings. The van der Waals surface area contributed by atoms with Gasteiger partial charge >= 0.3 is 5.63 Å². The van der Waals surface area contributed by atoms with E-state index in [9.17, 15) is 10.1 Å². The predicted octanol–water partition coefficient (Wildman–Crippen LogP) is 2.30. The molecule has 3 aromatic rings. The summed E-state index contributed by atoms with van der Waals surface area (Å²) >= 11 is 0. The van der Waals surface area contributed by atoms with Gasteiger partial charge in [0, 0.05) is 56.4 Å². The van der Waals surface area contributed by atoms with Crippen LogP contribution in [0, 0.1) is 11.3 Å². The van der Waals surface area contributed by atoms with Crippen molar-refractivity contribution in [1.29, 1.82) is 5.26 Å². The zero-order chi connectivity index (χ0) is 18.6. The Labute approximate surface area is 156 Å². The number of rotatable bonds is 3. The Kier molecular flexibility index (Phi) is 4.54. The van der Waals surface area contributed by atoms with E-state index in [0.29, 0.717) is 30.1 Å². The lowest BCUT2D eigenvalue weighted by atomic mass is 10.1. The zero-order valence-electron chi connectivity index (χ0n) is 14.6. The van der Waals surface area contributed by atoms with Crippen molar-refractivity contribution in [2.75, 3.05) is 36.0 Å². The van der Waals surface area contributed by atoms with Crippen LogP contribution in [0.15, 0.2) is 64.2 Å². The number of piperazine rings is 1. The SMILES string of the molecule is N#Cc1c(N2CCN(c3ccccn3)CC2)cc(-c2cccnc2)oc1=O. The molecule has 1 saturated heterocycles. The fourth-order valence-corrected chi connectivity index (χ4v) is 3.20. The van der Waals surface area contributed by atoms with Crippen LogP contribution < -0.4 is 15.4 Å². The van der Waals surface area contributed by atoms with Crippen molar-refractivity contribution in [1.82, 2.24) is 9.97 Å². The van der Waals surface area contributed by atoms with E-state index in [4.69, 9.17) is 4.42 Å². The standard InChI is InChI=1S/C20H17N5O2/c21-13-16-17(12-18(27-20(16)26)15-4-3-6-22-14-15)24-8-10-25(11-9-24)19-5-1-2-7-23-19/h1-7,12,14H,8-11H2. The second kappa shape index (κ2) is 7.30. The molecule has 0 amide bonds. The number of anilines is 2. The fourth-order valence-electron chi connectivity index (χ4n) is 3.20. The summed E-state index contributed by atoms with van der Waals surface area (Å²) in [7, 11) is 0. The Morgan fingerprint density at radius 1 is 1.04 bits per heavy atom. The number of hydrogen-bond donors (Lipinski definition) is 0. The number of pyridine rings is 2. The van der Waals surface area contributed by atoms with Crippen LogP contribution in [-0.2, 0) is 0 Å². The third kappa shape index (κ3) is 3.37. The zero-order valence-corrected chi connectivity index (χ0v) is 14.6. The summed E-state index contributed by atoms with van der Waals surface area (Å²) in [6.07, 6.45) is 5.06. The van der Waals surface area contributed by atoms with Crippen LogP contribution >= 0.6 is 0 Å². The molecular formula is C20H17N5O2. The van der Waals surface area contributed by atoms with Crippen molar-refractivity contribution < 1.29 is 4.42 Å². The van der Waals surface area contributed by atoms with Crippen LogP contribution in [-0.4, -0.2) is 36.1 Å². The van der Waals surface area contributed by atoms with E-state index in [-0.39, 0.29) is 5.56 Å². The third-order valence-electron chi connectivity index (χ3n) is 4.58. The highest BCUT2D eigenvalue weighted by molar-refractivity contribution is 5.67. The summed E-state index contributed by atoms with van der Waals surface area (Å²) in [5.74, 6) is 1.34. The van der Waals surface area contributed by atoms with Gasteiger partial charge in [0.05, 0.1) is 5.69 Å². The Morgan fingerprint density at radius 2 is 1.85 bits per heavy atom. The van der Waals surface area contributed by atoms with E-state index >= 15 is 0 Å². The third-order valence-corrected chi connectivity index (χ3v) is 4.58. The van der Waals surface area contributed by atoms with Crippen LogP contribution in [0.2, 0.25) is 0 Å². The van der Waals surface area contributed by atoms with Gasteiger partial charge in [-0.1, -0.05) is 6.07 Å². The van der Waals surface area contributed by atoms with Gasteiger partial charge in [-0.25, -0.2) is 9.78 Å². The van der Waals surface area contributed by atoms with Crippen LogP contribution in [0.1, 0.15) is 5.56 Å². The molecule has 4 rings (SSSR count). The molecule has 0 saturated carbocycles. The lowest BCUT2D eigenvalue weighted by molar-refractivity contribution is 0.521. The van der Waals surface area contributed by atoms with Crippen molar-refractivity contribution in [2.45, 2.75) is 0 Å². The predicted molar refractivity (Wildman–Crippen MR) is 102 cm³/mol. The van der Waals surface area contributed by atoms with E-state index in [2.05, 4.69) is 19.8 Å². The first-order valence-corrected chi connectivity index (χ1v) is 8.66. The van der Waals surface area contributed by atoms with Gasteiger partial charge in [0.1, 0.15) is 17.6 Å². The Hall–Kier alpha value is -3.66. The lowest BCUT2D eigenvalue weighted by Gasteiger charge is -2.36. The summed E-state index contributed by atoms with van der Waals surface area (Å²) in [5.41, 5.74) is 0.718. The van der Waals surface area contributed by atoms with Crippen LogP contribution in [0.25, 0.3) is 11.3 Å². The van der Waals surface area contributed by atoms with E-state index in [0.717, 1.165) is 18.9 Å². The summed E-state index contributed by atoms with van der Waals surface area (Å²) in [6, 6.07) is 13.2. The molecule has 0 atom stereocenters. The lowest BCUT2D eigenvalue weighted by Crippen LogP contribution is -2.47. The van der Waals surface area contributed by atoms with Crippen LogP contribution in [0.5, 0.6) is 0 Å². The maximum Gasteiger partial charge on any atom is 0.356 e. The van der Waals surface area contributed by atoms with Gasteiger partial charge in [0.25, 0.3) is 0 Å². The number of nitrogens with zero attached hydrogens (tertiary/aromatic N) is 5. The Bertz CT molecular complexity index is 1020. The smallest absolute Gasteiger partial charge is 0.356 e. The van der Waals surface area contributed by atoms with Gasteiger partial charge in [-0.05, 0) is 24.3 Å². The molecule has 1 aliphatic heterocycles. The molecule has 134 valence electrons. The van der Waals surface area contributed by atoms with Gasteiger partial charge in [-0.2, -0.15) is 5.26 Å². The number of hydrogen-bond acceptors (Lipinski definition) is 7. The van der Waals surface area contributed by atoms with Gasteiger partial charge in [0.15, 0.2) is 5.56 Å². The molecule has 0 unspecified atom stereocenters. The largest absolute Gasteiger partial charge is 0.422 e. The molecule has 0 N–H and O–H groups in total. The summed E-state index contributed by atoms with van der Waals surface area (Å²) in [5, 5.41) is 9.45. The Morgan fingerprint density at radius 3 is 2.52 bits per heavy atom. The van der Waals surface area contributed by atoms with E-state index in [1.54, 1.807) is 30.7 Å². The average molecular weight is 359 g/mol. The van der Waals surface area contributed by atoms with Crippen molar-refractivity contribution >= 4 is 11.5 Å². The Balaban J connectivity index is 1.63. The normalized spacial score (nSPS) is 14.0. The minimum Gasteiger partial charge on any atom is -0.422 e. The molecule has 0 aromatic carbocycles. The molecule has 0 bridgehead atoms. The first-order valence-electron chi connectivity index (χ1n) is 8.66. The molecule has 4 heterocycles. The molecule has 3 aromatic heterocycles. The number of nitriles is 1. The summed E-state index contributed by atoms with van der Waals surface area (Å²) in [6.45, 7) is 2.87. The first kappa shape index (κ1) is 16.8. The molecule has 27 heavy (non-hydrogen) atoms. The summed E-state index contributed by atoms with van der Waals surface area (Å²) in [4.78, 5) is 25.0. The van der Waals surface area contributed by atoms with E-state index < -0.39 is 5.63 Å². The first-order chi connectivity index (χ1) is 13.3. The second-order valence-electron chi connectivity index (χ2n) is 6.17. The van der Waals surface area contributed by atoms with Crippen molar-refractivity contribution in [3.8, 4) is 17.4 Å². The highest BCUT2D eigenvalue weighted by Gasteiger charge is 2.23. The van der Waals surface area contributed by atoms with Crippen LogP contribution in [0.4, 0.5) is 11.5 Å². The topological polar surface area (TPSA) is 86.3 Å². The van der Waals surface area contributed by atoms with E-state index in [1.165, 1.54) is 0 Å². The monoisotopic (exact) mass is 359 g/mol. The van der Waals surface area contributed by atoms with Gasteiger partial charge in [0.2, 0.25) is 0 Å². The quantitative estimate of drug-likeness (QED) is 0.709. The molecular weight excluding hydrogens is 342 g/mol. The summed E-state index contributed by atoms with van der Waals surface area (Å²) < 4.78 is 5.34. The highest BCUT2D eigenvalue weighted by Crippen LogP contribution is 2.26. The fraction of sp³-hybridized carbons (Fsp3) is 0.200.